The van der Waals surface area contributed by atoms with E-state index in [1.165, 1.54) is 4.91 Å². The molecule has 0 saturated carbocycles. The molecular formula is C16H16N2O2S. The fraction of sp³-hybridized carbons (Fsp3) is 0.312. The second-order valence-electron chi connectivity index (χ2n) is 5.24. The van der Waals surface area contributed by atoms with Gasteiger partial charge in [-0.05, 0) is 19.1 Å². The number of amidine groups is 1. The summed E-state index contributed by atoms with van der Waals surface area (Å²) in [4.78, 5) is 7.97. The van der Waals surface area contributed by atoms with Crippen molar-refractivity contribution < 1.29 is 9.52 Å². The van der Waals surface area contributed by atoms with Gasteiger partial charge in [0.05, 0.1) is 12.2 Å². The summed E-state index contributed by atoms with van der Waals surface area (Å²) in [6.07, 6.45) is 0.658. The van der Waals surface area contributed by atoms with Gasteiger partial charge in [-0.2, -0.15) is 0 Å². The minimum Gasteiger partial charge on any atom is -0.461 e. The molecule has 1 N–H and O–H groups in total. The van der Waals surface area contributed by atoms with Crippen molar-refractivity contribution in [3.8, 4) is 0 Å². The van der Waals surface area contributed by atoms with E-state index in [0.717, 1.165) is 46.2 Å². The Morgan fingerprint density at radius 3 is 3.19 bits per heavy atom. The van der Waals surface area contributed by atoms with E-state index in [2.05, 4.69) is 34.2 Å². The third-order valence-corrected chi connectivity index (χ3v) is 4.99. The van der Waals surface area contributed by atoms with E-state index in [1.54, 1.807) is 11.8 Å². The molecule has 0 spiro atoms. The maximum absolute atomic E-state index is 9.34. The Hall–Kier alpha value is -1.72. The van der Waals surface area contributed by atoms with E-state index in [0.29, 0.717) is 6.42 Å². The third kappa shape index (κ3) is 2.00. The summed E-state index contributed by atoms with van der Waals surface area (Å²) in [6.45, 7) is 3.87. The summed E-state index contributed by atoms with van der Waals surface area (Å²) >= 11 is 1.68. The number of benzene rings is 1. The van der Waals surface area contributed by atoms with Crippen molar-refractivity contribution in [2.75, 3.05) is 19.7 Å². The predicted molar refractivity (Wildman–Crippen MR) is 86.2 cm³/mol. The molecule has 2 aliphatic heterocycles. The van der Waals surface area contributed by atoms with Gasteiger partial charge in [-0.1, -0.05) is 23.9 Å². The first kappa shape index (κ1) is 13.0. The number of fused-ring (bicyclic) bond motifs is 2. The number of aliphatic imine (C=N–C) groups is 1. The zero-order valence-electron chi connectivity index (χ0n) is 11.8. The number of aliphatic hydroxyl groups is 1. The van der Waals surface area contributed by atoms with Crippen LogP contribution < -0.4 is 0 Å². The molecule has 0 radical (unpaired) electrons. The zero-order chi connectivity index (χ0) is 14.4. The number of nitrogens with zero attached hydrogens (tertiary/aromatic N) is 2. The number of rotatable bonds is 3. The van der Waals surface area contributed by atoms with Crippen molar-refractivity contribution in [1.82, 2.24) is 4.90 Å². The predicted octanol–water partition coefficient (Wildman–Crippen LogP) is 3.21. The molecule has 21 heavy (non-hydrogen) atoms. The number of thioether (sulfide) groups is 1. The molecule has 108 valence electrons. The van der Waals surface area contributed by atoms with Crippen LogP contribution in [-0.4, -0.2) is 34.9 Å². The van der Waals surface area contributed by atoms with Crippen LogP contribution in [0.1, 0.15) is 17.7 Å². The van der Waals surface area contributed by atoms with Gasteiger partial charge in [-0.15, -0.1) is 0 Å². The summed E-state index contributed by atoms with van der Waals surface area (Å²) in [7, 11) is 0. The minimum atomic E-state index is 0.153. The maximum Gasteiger partial charge on any atom is 0.168 e. The molecule has 4 nitrogen and oxygen atoms in total. The minimum absolute atomic E-state index is 0.153. The molecule has 0 atom stereocenters. The van der Waals surface area contributed by atoms with Crippen molar-refractivity contribution in [3.63, 3.8) is 0 Å². The quantitative estimate of drug-likeness (QED) is 0.945. The van der Waals surface area contributed by atoms with Gasteiger partial charge in [0.15, 0.2) is 5.17 Å². The molecule has 0 unspecified atom stereocenters. The van der Waals surface area contributed by atoms with E-state index in [4.69, 9.17) is 4.42 Å². The monoisotopic (exact) mass is 300 g/mol. The molecule has 5 heteroatoms. The average molecular weight is 300 g/mol. The van der Waals surface area contributed by atoms with Gasteiger partial charge in [0.25, 0.3) is 0 Å². The van der Waals surface area contributed by atoms with Crippen LogP contribution in [0.5, 0.6) is 0 Å². The first-order valence-electron chi connectivity index (χ1n) is 7.11. The van der Waals surface area contributed by atoms with Crippen LogP contribution in [0.3, 0.4) is 0 Å². The van der Waals surface area contributed by atoms with Crippen molar-refractivity contribution in [3.05, 3.63) is 40.5 Å². The topological polar surface area (TPSA) is 49.0 Å². The molecule has 0 saturated heterocycles. The molecule has 0 amide bonds. The van der Waals surface area contributed by atoms with Crippen LogP contribution in [0.25, 0.3) is 16.7 Å². The summed E-state index contributed by atoms with van der Waals surface area (Å²) in [5.74, 6) is 0.919. The highest BCUT2D eigenvalue weighted by atomic mass is 32.2. The first-order chi connectivity index (χ1) is 10.3. The van der Waals surface area contributed by atoms with Crippen LogP contribution in [0.15, 0.2) is 38.6 Å². The van der Waals surface area contributed by atoms with Gasteiger partial charge < -0.3 is 14.4 Å². The zero-order valence-corrected chi connectivity index (χ0v) is 12.6. The number of para-hydroxylation sites is 1. The van der Waals surface area contributed by atoms with Crippen molar-refractivity contribution in [1.29, 1.82) is 0 Å². The Kier molecular flexibility index (Phi) is 3.05. The Morgan fingerprint density at radius 1 is 1.43 bits per heavy atom. The lowest BCUT2D eigenvalue weighted by molar-refractivity contribution is 0.301. The Labute approximate surface area is 127 Å². The molecule has 0 aliphatic carbocycles. The largest absolute Gasteiger partial charge is 0.461 e. The number of hydrogen-bond acceptors (Lipinski definition) is 5. The van der Waals surface area contributed by atoms with Gasteiger partial charge in [0, 0.05) is 35.4 Å². The normalized spacial score (nSPS) is 17.8. The molecule has 4 rings (SSSR count). The van der Waals surface area contributed by atoms with Crippen LogP contribution in [-0.2, 0) is 0 Å². The SMILES string of the molecule is Cc1cc2cccc(C3=C(CCO)SC4=NCCN43)c2o1. The molecule has 1 aromatic carbocycles. The van der Waals surface area contributed by atoms with Gasteiger partial charge in [-0.25, -0.2) is 0 Å². The second-order valence-corrected chi connectivity index (χ2v) is 6.31. The van der Waals surface area contributed by atoms with E-state index in [1.807, 2.05) is 6.92 Å². The van der Waals surface area contributed by atoms with E-state index >= 15 is 0 Å². The molecule has 1 aromatic heterocycles. The standard InChI is InChI=1S/C16H16N2O2S/c1-10-9-11-3-2-4-12(15(11)20-10)14-13(5-8-19)21-16-17-6-7-18(14)16/h2-4,9,19H,5-8H2,1H3. The highest BCUT2D eigenvalue weighted by Crippen LogP contribution is 2.44. The second kappa shape index (κ2) is 4.93. The van der Waals surface area contributed by atoms with E-state index in [-0.39, 0.29) is 6.61 Å². The number of hydrogen-bond donors (Lipinski definition) is 1. The van der Waals surface area contributed by atoms with Crippen molar-refractivity contribution in [2.45, 2.75) is 13.3 Å². The van der Waals surface area contributed by atoms with Crippen LogP contribution in [0.2, 0.25) is 0 Å². The summed E-state index contributed by atoms with van der Waals surface area (Å²) in [6, 6.07) is 8.29. The molecule has 2 aromatic rings. The maximum atomic E-state index is 9.34. The van der Waals surface area contributed by atoms with Crippen LogP contribution in [0, 0.1) is 6.92 Å². The molecule has 3 heterocycles. The third-order valence-electron chi connectivity index (χ3n) is 3.81. The molecular weight excluding hydrogens is 284 g/mol. The highest BCUT2D eigenvalue weighted by Gasteiger charge is 2.33. The summed E-state index contributed by atoms with van der Waals surface area (Å²) in [5.41, 5.74) is 3.18. The van der Waals surface area contributed by atoms with E-state index in [9.17, 15) is 5.11 Å². The summed E-state index contributed by atoms with van der Waals surface area (Å²) in [5, 5.41) is 11.5. The molecule has 0 fully saturated rings. The van der Waals surface area contributed by atoms with Crippen LogP contribution >= 0.6 is 11.8 Å². The average Bonchev–Trinajstić information content (AvgIpc) is 3.11. The lowest BCUT2D eigenvalue weighted by Gasteiger charge is -2.17. The lowest BCUT2D eigenvalue weighted by Crippen LogP contribution is -2.20. The number of aliphatic hydroxyl groups excluding tert-OH is 1. The Balaban J connectivity index is 1.92. The number of aryl methyl sites for hydroxylation is 1. The van der Waals surface area contributed by atoms with Gasteiger partial charge in [0.1, 0.15) is 11.3 Å². The van der Waals surface area contributed by atoms with Gasteiger partial charge in [-0.3, -0.25) is 4.99 Å². The van der Waals surface area contributed by atoms with E-state index < -0.39 is 0 Å². The Morgan fingerprint density at radius 2 is 2.33 bits per heavy atom. The van der Waals surface area contributed by atoms with Crippen molar-refractivity contribution >= 4 is 33.6 Å². The smallest absolute Gasteiger partial charge is 0.168 e. The van der Waals surface area contributed by atoms with Gasteiger partial charge >= 0.3 is 0 Å². The first-order valence-corrected chi connectivity index (χ1v) is 7.93. The highest BCUT2D eigenvalue weighted by molar-refractivity contribution is 8.17. The molecule has 2 aliphatic rings. The Bertz CT molecular complexity index is 776. The van der Waals surface area contributed by atoms with Crippen molar-refractivity contribution in [2.24, 2.45) is 4.99 Å². The number of furan rings is 1. The summed E-state index contributed by atoms with van der Waals surface area (Å²) < 4.78 is 5.91. The van der Waals surface area contributed by atoms with Gasteiger partial charge in [0.2, 0.25) is 0 Å². The van der Waals surface area contributed by atoms with Crippen LogP contribution in [0.4, 0.5) is 0 Å². The fourth-order valence-electron chi connectivity index (χ4n) is 2.98. The lowest BCUT2D eigenvalue weighted by atomic mass is 10.1. The fourth-order valence-corrected chi connectivity index (χ4v) is 4.15. The molecule has 0 bridgehead atoms.